The number of hydrogen-bond donors (Lipinski definition) is 0. The van der Waals surface area contributed by atoms with Crippen molar-refractivity contribution in [3.05, 3.63) is 59.0 Å². The Morgan fingerprint density at radius 1 is 1.43 bits per heavy atom. The van der Waals surface area contributed by atoms with Gasteiger partial charge < -0.3 is 9.64 Å². The summed E-state index contributed by atoms with van der Waals surface area (Å²) in [6, 6.07) is 6.36. The zero-order valence-electron chi connectivity index (χ0n) is 11.6. The molecule has 21 heavy (non-hydrogen) atoms. The first-order chi connectivity index (χ1) is 10.1. The van der Waals surface area contributed by atoms with Crippen molar-refractivity contribution in [3.63, 3.8) is 0 Å². The second-order valence-corrected chi connectivity index (χ2v) is 4.75. The van der Waals surface area contributed by atoms with Crippen LogP contribution in [0.25, 0.3) is 5.70 Å². The van der Waals surface area contributed by atoms with Crippen molar-refractivity contribution >= 4 is 17.3 Å². The molecule has 0 radical (unpaired) electrons. The number of likely N-dealkylation sites (N-methyl/N-ethyl adjacent to an activating group) is 1. The van der Waals surface area contributed by atoms with Crippen LogP contribution in [0.5, 0.6) is 5.75 Å². The number of nitriles is 1. The first kappa shape index (κ1) is 15.1. The summed E-state index contributed by atoms with van der Waals surface area (Å²) in [5.74, 6) is -0.0981. The molecule has 0 N–H and O–H groups in total. The van der Waals surface area contributed by atoms with Gasteiger partial charge in [-0.25, -0.2) is 4.39 Å². The minimum atomic E-state index is -0.422. The van der Waals surface area contributed by atoms with E-state index in [1.807, 2.05) is 17.9 Å². The monoisotopic (exact) mass is 304 g/mol. The van der Waals surface area contributed by atoms with E-state index in [1.54, 1.807) is 24.3 Å². The minimum absolute atomic E-state index is 0.113. The van der Waals surface area contributed by atoms with Crippen molar-refractivity contribution < 1.29 is 9.13 Å². The number of halogens is 2. The molecular formula is C16H14ClFN2O. The second kappa shape index (κ2) is 6.47. The Kier molecular flexibility index (Phi) is 4.66. The van der Waals surface area contributed by atoms with Crippen LogP contribution < -0.4 is 4.74 Å². The van der Waals surface area contributed by atoms with E-state index in [9.17, 15) is 4.39 Å². The van der Waals surface area contributed by atoms with Crippen LogP contribution in [-0.4, -0.2) is 18.1 Å². The van der Waals surface area contributed by atoms with E-state index in [0.717, 1.165) is 0 Å². The first-order valence-electron chi connectivity index (χ1n) is 6.42. The van der Waals surface area contributed by atoms with Gasteiger partial charge in [-0.15, -0.1) is 0 Å². The van der Waals surface area contributed by atoms with E-state index in [4.69, 9.17) is 21.6 Å². The molecule has 1 heterocycles. The zero-order chi connectivity index (χ0) is 15.4. The Bertz CT molecular complexity index is 673. The average Bonchev–Trinajstić information content (AvgIpc) is 2.48. The van der Waals surface area contributed by atoms with Crippen molar-refractivity contribution in [2.45, 2.75) is 6.92 Å². The molecular weight excluding hydrogens is 291 g/mol. The van der Waals surface area contributed by atoms with Crippen LogP contribution >= 0.6 is 11.6 Å². The summed E-state index contributed by atoms with van der Waals surface area (Å²) in [6.07, 6.45) is 3.46. The molecule has 1 aromatic rings. The van der Waals surface area contributed by atoms with Crippen molar-refractivity contribution in [2.75, 3.05) is 13.2 Å². The lowest BCUT2D eigenvalue weighted by Crippen LogP contribution is -2.23. The number of ether oxygens (including phenoxy) is 1. The molecule has 1 aliphatic rings. The predicted molar refractivity (Wildman–Crippen MR) is 80.9 cm³/mol. The number of hydrogen-bond acceptors (Lipinski definition) is 3. The Morgan fingerprint density at radius 2 is 2.19 bits per heavy atom. The van der Waals surface area contributed by atoms with Crippen molar-refractivity contribution in [1.29, 1.82) is 5.26 Å². The number of benzene rings is 1. The smallest absolute Gasteiger partial charge is 0.174 e. The highest BCUT2D eigenvalue weighted by molar-refractivity contribution is 6.32. The number of allylic oxidation sites excluding steroid dienone is 3. The Morgan fingerprint density at radius 3 is 2.81 bits per heavy atom. The molecule has 0 saturated carbocycles. The third-order valence-corrected chi connectivity index (χ3v) is 3.46. The van der Waals surface area contributed by atoms with Crippen LogP contribution in [0.15, 0.2) is 47.7 Å². The van der Waals surface area contributed by atoms with Crippen LogP contribution in [-0.2, 0) is 0 Å². The van der Waals surface area contributed by atoms with Crippen molar-refractivity contribution in [1.82, 2.24) is 4.90 Å². The average molecular weight is 305 g/mol. The minimum Gasteiger partial charge on any atom is -0.479 e. The van der Waals surface area contributed by atoms with Gasteiger partial charge in [0.1, 0.15) is 17.6 Å². The zero-order valence-corrected chi connectivity index (χ0v) is 12.3. The normalized spacial score (nSPS) is 14.4. The van der Waals surface area contributed by atoms with E-state index in [0.29, 0.717) is 34.3 Å². The van der Waals surface area contributed by atoms with Gasteiger partial charge in [-0.1, -0.05) is 18.2 Å². The summed E-state index contributed by atoms with van der Waals surface area (Å²) in [4.78, 5) is 1.84. The van der Waals surface area contributed by atoms with Crippen LogP contribution in [0.4, 0.5) is 4.39 Å². The Balaban J connectivity index is 2.37. The summed E-state index contributed by atoms with van der Waals surface area (Å²) < 4.78 is 19.4. The van der Waals surface area contributed by atoms with Crippen LogP contribution in [0, 0.1) is 17.1 Å². The van der Waals surface area contributed by atoms with Crippen molar-refractivity contribution in [3.8, 4) is 11.8 Å². The highest BCUT2D eigenvalue weighted by atomic mass is 35.5. The third-order valence-electron chi connectivity index (χ3n) is 3.12. The summed E-state index contributed by atoms with van der Waals surface area (Å²) in [5.41, 5.74) is 1.76. The maximum atomic E-state index is 14.3. The standard InChI is InChI=1S/C16H14ClFN2O/c1-3-20-11(2)14(17)6-7-16(20)13-5-4-12(10-15(13)18)21-9-8-19/h4-7,10H,2-3,9H2,1H3. The molecule has 0 fully saturated rings. The van der Waals surface area contributed by atoms with E-state index < -0.39 is 5.82 Å². The topological polar surface area (TPSA) is 36.3 Å². The molecule has 0 bridgehead atoms. The molecule has 5 heteroatoms. The summed E-state index contributed by atoms with van der Waals surface area (Å²) in [5, 5.41) is 9.00. The quantitative estimate of drug-likeness (QED) is 0.842. The van der Waals surface area contributed by atoms with Gasteiger partial charge in [0.05, 0.1) is 16.4 Å². The SMILES string of the molecule is C=C1C(Cl)=CC=C(c2ccc(OCC#N)cc2F)N1CC. The molecule has 0 unspecified atom stereocenters. The molecule has 0 atom stereocenters. The lowest BCUT2D eigenvalue weighted by molar-refractivity contribution is 0.365. The van der Waals surface area contributed by atoms with Gasteiger partial charge >= 0.3 is 0 Å². The third kappa shape index (κ3) is 3.09. The fourth-order valence-corrected chi connectivity index (χ4v) is 2.28. The molecule has 0 aromatic heterocycles. The van der Waals surface area contributed by atoms with E-state index in [-0.39, 0.29) is 6.61 Å². The molecule has 0 spiro atoms. The molecule has 0 saturated heterocycles. The summed E-state index contributed by atoms with van der Waals surface area (Å²) in [7, 11) is 0. The maximum Gasteiger partial charge on any atom is 0.174 e. The predicted octanol–water partition coefficient (Wildman–Crippen LogP) is 4.04. The Hall–Kier alpha value is -2.25. The molecule has 1 aromatic carbocycles. The van der Waals surface area contributed by atoms with Crippen LogP contribution in [0.2, 0.25) is 0 Å². The van der Waals surface area contributed by atoms with Crippen LogP contribution in [0.1, 0.15) is 12.5 Å². The second-order valence-electron chi connectivity index (χ2n) is 4.35. The van der Waals surface area contributed by atoms with Gasteiger partial charge in [-0.3, -0.25) is 0 Å². The Labute approximate surface area is 128 Å². The van der Waals surface area contributed by atoms with Gasteiger partial charge in [-0.2, -0.15) is 5.26 Å². The van der Waals surface area contributed by atoms with Crippen molar-refractivity contribution in [2.24, 2.45) is 0 Å². The van der Waals surface area contributed by atoms with Gasteiger partial charge in [0.15, 0.2) is 6.61 Å². The van der Waals surface area contributed by atoms with E-state index in [2.05, 4.69) is 6.58 Å². The van der Waals surface area contributed by atoms with Crippen LogP contribution in [0.3, 0.4) is 0 Å². The lowest BCUT2D eigenvalue weighted by atomic mass is 10.1. The molecule has 108 valence electrons. The van der Waals surface area contributed by atoms with E-state index >= 15 is 0 Å². The molecule has 2 rings (SSSR count). The highest BCUT2D eigenvalue weighted by Gasteiger charge is 2.21. The van der Waals surface area contributed by atoms with E-state index in [1.165, 1.54) is 6.07 Å². The van der Waals surface area contributed by atoms with Gasteiger partial charge in [0.2, 0.25) is 0 Å². The molecule has 0 amide bonds. The molecule has 1 aliphatic heterocycles. The highest BCUT2D eigenvalue weighted by Crippen LogP contribution is 2.34. The number of rotatable bonds is 4. The van der Waals surface area contributed by atoms with Gasteiger partial charge in [-0.05, 0) is 31.2 Å². The lowest BCUT2D eigenvalue weighted by Gasteiger charge is -2.30. The fraction of sp³-hybridized carbons (Fsp3) is 0.188. The van der Waals surface area contributed by atoms with Gasteiger partial charge in [0, 0.05) is 18.2 Å². The van der Waals surface area contributed by atoms with Gasteiger partial charge in [0.25, 0.3) is 0 Å². The molecule has 0 aliphatic carbocycles. The summed E-state index contributed by atoms with van der Waals surface area (Å²) >= 11 is 6.05. The first-order valence-corrected chi connectivity index (χ1v) is 6.80. The maximum absolute atomic E-state index is 14.3. The summed E-state index contributed by atoms with van der Waals surface area (Å²) in [6.45, 7) is 6.37. The number of nitrogens with zero attached hydrogens (tertiary/aromatic N) is 2. The molecule has 3 nitrogen and oxygen atoms in total. The fourth-order valence-electron chi connectivity index (χ4n) is 2.12. The largest absolute Gasteiger partial charge is 0.479 e.